The summed E-state index contributed by atoms with van der Waals surface area (Å²) in [5.74, 6) is -1.20. The molecule has 1 rings (SSSR count). The summed E-state index contributed by atoms with van der Waals surface area (Å²) in [4.78, 5) is 11.1. The van der Waals surface area contributed by atoms with Gasteiger partial charge in [0.15, 0.2) is 0 Å². The van der Waals surface area contributed by atoms with E-state index in [2.05, 4.69) is 26.0 Å². The van der Waals surface area contributed by atoms with Gasteiger partial charge >= 0.3 is 5.97 Å². The summed E-state index contributed by atoms with van der Waals surface area (Å²) < 4.78 is 25.7. The SMILES string of the molecule is CCNS(=O)(=O)CCNc1cccc(Br)c1C(=O)O. The van der Waals surface area contributed by atoms with Crippen molar-refractivity contribution in [2.75, 3.05) is 24.2 Å². The van der Waals surface area contributed by atoms with Gasteiger partial charge in [0, 0.05) is 23.2 Å². The molecule has 0 aliphatic heterocycles. The van der Waals surface area contributed by atoms with Crippen LogP contribution in [-0.2, 0) is 10.0 Å². The van der Waals surface area contributed by atoms with Crippen LogP contribution < -0.4 is 10.0 Å². The average Bonchev–Trinajstić information content (AvgIpc) is 2.28. The second-order valence-corrected chi connectivity index (χ2v) is 6.49. The Morgan fingerprint density at radius 1 is 1.42 bits per heavy atom. The molecule has 0 aliphatic carbocycles. The van der Waals surface area contributed by atoms with Crippen molar-refractivity contribution in [3.8, 4) is 0 Å². The van der Waals surface area contributed by atoms with Crippen LogP contribution in [0.15, 0.2) is 22.7 Å². The third-order valence-electron chi connectivity index (χ3n) is 2.28. The smallest absolute Gasteiger partial charge is 0.338 e. The van der Waals surface area contributed by atoms with E-state index in [1.54, 1.807) is 25.1 Å². The first-order chi connectivity index (χ1) is 8.87. The van der Waals surface area contributed by atoms with Gasteiger partial charge in [-0.15, -0.1) is 0 Å². The number of anilines is 1. The van der Waals surface area contributed by atoms with E-state index in [-0.39, 0.29) is 17.9 Å². The third kappa shape index (κ3) is 4.81. The molecule has 6 nitrogen and oxygen atoms in total. The van der Waals surface area contributed by atoms with E-state index in [9.17, 15) is 13.2 Å². The van der Waals surface area contributed by atoms with E-state index in [0.29, 0.717) is 16.7 Å². The van der Waals surface area contributed by atoms with Crippen LogP contribution in [-0.4, -0.2) is 38.3 Å². The molecule has 0 spiro atoms. The van der Waals surface area contributed by atoms with Gasteiger partial charge in [-0.25, -0.2) is 17.9 Å². The highest BCUT2D eigenvalue weighted by Gasteiger charge is 2.14. The van der Waals surface area contributed by atoms with Crippen molar-refractivity contribution in [2.45, 2.75) is 6.92 Å². The minimum Gasteiger partial charge on any atom is -0.478 e. The van der Waals surface area contributed by atoms with E-state index in [4.69, 9.17) is 5.11 Å². The summed E-state index contributed by atoms with van der Waals surface area (Å²) in [5, 5.41) is 11.9. The van der Waals surface area contributed by atoms with Crippen molar-refractivity contribution in [3.05, 3.63) is 28.2 Å². The number of nitrogens with one attached hydrogen (secondary N) is 2. The van der Waals surface area contributed by atoms with Crippen LogP contribution in [0.2, 0.25) is 0 Å². The van der Waals surface area contributed by atoms with E-state index >= 15 is 0 Å². The first kappa shape index (κ1) is 15.9. The Bertz CT molecular complexity index is 560. The lowest BCUT2D eigenvalue weighted by atomic mass is 10.2. The minimum absolute atomic E-state index is 0.0864. The van der Waals surface area contributed by atoms with Crippen molar-refractivity contribution in [3.63, 3.8) is 0 Å². The Balaban J connectivity index is 2.74. The fourth-order valence-corrected chi connectivity index (χ4v) is 2.99. The van der Waals surface area contributed by atoms with Gasteiger partial charge in [0.1, 0.15) is 0 Å². The molecule has 0 bridgehead atoms. The molecule has 1 aromatic carbocycles. The van der Waals surface area contributed by atoms with Gasteiger partial charge in [-0.2, -0.15) is 0 Å². The van der Waals surface area contributed by atoms with Crippen LogP contribution >= 0.6 is 15.9 Å². The minimum atomic E-state index is -3.32. The molecule has 1 aromatic rings. The molecule has 0 fully saturated rings. The van der Waals surface area contributed by atoms with Crippen LogP contribution in [0.4, 0.5) is 5.69 Å². The zero-order valence-electron chi connectivity index (χ0n) is 10.3. The number of aromatic carboxylic acids is 1. The number of hydrogen-bond acceptors (Lipinski definition) is 4. The molecule has 106 valence electrons. The molecule has 0 aromatic heterocycles. The number of carboxylic acid groups (broad SMARTS) is 1. The summed E-state index contributed by atoms with van der Waals surface area (Å²) >= 11 is 3.15. The van der Waals surface area contributed by atoms with Crippen LogP contribution in [0.25, 0.3) is 0 Å². The van der Waals surface area contributed by atoms with Gasteiger partial charge in [-0.1, -0.05) is 13.0 Å². The van der Waals surface area contributed by atoms with Gasteiger partial charge in [-0.3, -0.25) is 0 Å². The molecule has 0 aliphatic rings. The van der Waals surface area contributed by atoms with Gasteiger partial charge < -0.3 is 10.4 Å². The van der Waals surface area contributed by atoms with Gasteiger partial charge in [0.25, 0.3) is 0 Å². The quantitative estimate of drug-likeness (QED) is 0.692. The van der Waals surface area contributed by atoms with Crippen LogP contribution in [0.1, 0.15) is 17.3 Å². The third-order valence-corrected chi connectivity index (χ3v) is 4.41. The zero-order valence-corrected chi connectivity index (χ0v) is 12.7. The van der Waals surface area contributed by atoms with Crippen molar-refractivity contribution in [2.24, 2.45) is 0 Å². The van der Waals surface area contributed by atoms with Crippen molar-refractivity contribution in [1.82, 2.24) is 4.72 Å². The zero-order chi connectivity index (χ0) is 14.5. The van der Waals surface area contributed by atoms with Gasteiger partial charge in [-0.05, 0) is 28.1 Å². The molecule has 3 N–H and O–H groups in total. The number of rotatable bonds is 7. The highest BCUT2D eigenvalue weighted by atomic mass is 79.9. The fraction of sp³-hybridized carbons (Fsp3) is 0.364. The summed E-state index contributed by atoms with van der Waals surface area (Å²) in [6.45, 7) is 2.16. The van der Waals surface area contributed by atoms with E-state index in [1.807, 2.05) is 0 Å². The standard InChI is InChI=1S/C11H15BrN2O4S/c1-2-14-19(17,18)7-6-13-9-5-3-4-8(12)10(9)11(15)16/h3-5,13-14H,2,6-7H2,1H3,(H,15,16). The van der Waals surface area contributed by atoms with E-state index < -0.39 is 16.0 Å². The molecule has 0 amide bonds. The molecular weight excluding hydrogens is 336 g/mol. The maximum atomic E-state index is 11.4. The summed E-state index contributed by atoms with van der Waals surface area (Å²) in [7, 11) is -3.32. The Kier molecular flexibility index (Phi) is 5.77. The summed E-state index contributed by atoms with van der Waals surface area (Å²) in [5.41, 5.74) is 0.469. The molecule has 0 saturated carbocycles. The average molecular weight is 351 g/mol. The Hall–Kier alpha value is -1.12. The van der Waals surface area contributed by atoms with E-state index in [1.165, 1.54) is 0 Å². The molecule has 0 saturated heterocycles. The lowest BCUT2D eigenvalue weighted by molar-refractivity contribution is 0.0697. The lowest BCUT2D eigenvalue weighted by Crippen LogP contribution is -2.29. The molecule has 0 heterocycles. The van der Waals surface area contributed by atoms with Crippen LogP contribution in [0, 0.1) is 0 Å². The normalized spacial score (nSPS) is 11.3. The Labute approximate surface area is 120 Å². The van der Waals surface area contributed by atoms with Crippen molar-refractivity contribution >= 4 is 37.6 Å². The number of hydrogen-bond donors (Lipinski definition) is 3. The number of carboxylic acids is 1. The highest BCUT2D eigenvalue weighted by Crippen LogP contribution is 2.24. The monoisotopic (exact) mass is 350 g/mol. The van der Waals surface area contributed by atoms with Gasteiger partial charge in [0.05, 0.1) is 11.3 Å². The molecule has 0 atom stereocenters. The van der Waals surface area contributed by atoms with E-state index in [0.717, 1.165) is 0 Å². The number of sulfonamides is 1. The number of halogens is 1. The van der Waals surface area contributed by atoms with Crippen LogP contribution in [0.5, 0.6) is 0 Å². The predicted octanol–water partition coefficient (Wildman–Crippen LogP) is 1.50. The molecule has 0 radical (unpaired) electrons. The fourth-order valence-electron chi connectivity index (χ4n) is 1.50. The highest BCUT2D eigenvalue weighted by molar-refractivity contribution is 9.10. The molecule has 8 heteroatoms. The number of carbonyl (C=O) groups is 1. The van der Waals surface area contributed by atoms with Crippen molar-refractivity contribution in [1.29, 1.82) is 0 Å². The maximum Gasteiger partial charge on any atom is 0.338 e. The second kappa shape index (κ2) is 6.88. The predicted molar refractivity (Wildman–Crippen MR) is 77.1 cm³/mol. The first-order valence-corrected chi connectivity index (χ1v) is 8.05. The van der Waals surface area contributed by atoms with Gasteiger partial charge in [0.2, 0.25) is 10.0 Å². The first-order valence-electron chi connectivity index (χ1n) is 5.60. The maximum absolute atomic E-state index is 11.4. The van der Waals surface area contributed by atoms with Crippen LogP contribution in [0.3, 0.4) is 0 Å². The summed E-state index contributed by atoms with van der Waals surface area (Å²) in [6, 6.07) is 4.88. The molecule has 19 heavy (non-hydrogen) atoms. The number of benzene rings is 1. The van der Waals surface area contributed by atoms with Crippen molar-refractivity contribution < 1.29 is 18.3 Å². The topological polar surface area (TPSA) is 95.5 Å². The molecular formula is C11H15BrN2O4S. The lowest BCUT2D eigenvalue weighted by Gasteiger charge is -2.11. The molecule has 0 unspecified atom stereocenters. The Morgan fingerprint density at radius 2 is 2.11 bits per heavy atom. The summed E-state index contributed by atoms with van der Waals surface area (Å²) in [6.07, 6.45) is 0. The Morgan fingerprint density at radius 3 is 2.68 bits per heavy atom. The largest absolute Gasteiger partial charge is 0.478 e. The second-order valence-electron chi connectivity index (χ2n) is 3.71.